The Balaban J connectivity index is 1.62. The highest BCUT2D eigenvalue weighted by Gasteiger charge is 2.24. The third kappa shape index (κ3) is 2.92. The molecule has 2 fully saturated rings. The normalized spacial score (nSPS) is 37.6. The number of hydrogen-bond donors (Lipinski definition) is 1. The molecule has 3 nitrogen and oxygen atoms in total. The van der Waals surface area contributed by atoms with Gasteiger partial charge in [-0.25, -0.2) is 0 Å². The lowest BCUT2D eigenvalue weighted by Crippen LogP contribution is -2.41. The second-order valence-corrected chi connectivity index (χ2v) is 4.95. The lowest BCUT2D eigenvalue weighted by Gasteiger charge is -2.23. The Kier molecular flexibility index (Phi) is 4.00. The molecule has 3 heteroatoms. The number of nitrogens with zero attached hydrogens (tertiary/aromatic N) is 1. The predicted octanol–water partition coefficient (Wildman–Crippen LogP) is 1.24. The van der Waals surface area contributed by atoms with Crippen molar-refractivity contribution in [3.05, 3.63) is 0 Å². The Morgan fingerprint density at radius 3 is 2.80 bits per heavy atom. The van der Waals surface area contributed by atoms with Gasteiger partial charge in [0.1, 0.15) is 0 Å². The summed E-state index contributed by atoms with van der Waals surface area (Å²) >= 11 is 0. The summed E-state index contributed by atoms with van der Waals surface area (Å²) in [6.07, 6.45) is 4.34. The van der Waals surface area contributed by atoms with Crippen LogP contribution in [0.4, 0.5) is 0 Å². The van der Waals surface area contributed by atoms with Gasteiger partial charge in [-0.3, -0.25) is 4.90 Å². The van der Waals surface area contributed by atoms with Gasteiger partial charge in [0, 0.05) is 31.8 Å². The second-order valence-electron chi connectivity index (χ2n) is 4.95. The molecular formula is C12H24N2O. The summed E-state index contributed by atoms with van der Waals surface area (Å²) in [5.74, 6) is 0. The standard InChI is InChI=1S/C12H24N2O/c1-10-4-3-7-14(10)8-6-13-12-5-9-15-11(12)2/h10-13H,3-9H2,1-2H3. The van der Waals surface area contributed by atoms with E-state index in [1.54, 1.807) is 0 Å². The van der Waals surface area contributed by atoms with E-state index in [1.165, 1.54) is 32.4 Å². The minimum atomic E-state index is 0.404. The first-order chi connectivity index (χ1) is 7.27. The molecule has 3 unspecified atom stereocenters. The molecule has 0 aromatic carbocycles. The molecule has 0 aromatic heterocycles. The number of nitrogens with one attached hydrogen (secondary N) is 1. The zero-order chi connectivity index (χ0) is 10.7. The van der Waals surface area contributed by atoms with Crippen LogP contribution in [-0.2, 0) is 4.74 Å². The number of hydrogen-bond acceptors (Lipinski definition) is 3. The molecular weight excluding hydrogens is 188 g/mol. The highest BCUT2D eigenvalue weighted by molar-refractivity contribution is 4.81. The van der Waals surface area contributed by atoms with Crippen molar-refractivity contribution in [2.45, 2.75) is 51.3 Å². The van der Waals surface area contributed by atoms with Crippen LogP contribution in [0.3, 0.4) is 0 Å². The molecule has 0 saturated carbocycles. The Bertz CT molecular complexity index is 178. The number of likely N-dealkylation sites (tertiary alicyclic amines) is 1. The summed E-state index contributed by atoms with van der Waals surface area (Å²) in [5.41, 5.74) is 0. The second kappa shape index (κ2) is 5.28. The SMILES string of the molecule is CC1OCCC1NCCN1CCCC1C. The van der Waals surface area contributed by atoms with Gasteiger partial charge in [0.05, 0.1) is 6.10 Å². The van der Waals surface area contributed by atoms with Crippen LogP contribution in [0.15, 0.2) is 0 Å². The van der Waals surface area contributed by atoms with E-state index < -0.39 is 0 Å². The molecule has 0 radical (unpaired) electrons. The van der Waals surface area contributed by atoms with Crippen LogP contribution in [0.25, 0.3) is 0 Å². The molecule has 0 amide bonds. The minimum Gasteiger partial charge on any atom is -0.377 e. The van der Waals surface area contributed by atoms with Crippen molar-refractivity contribution in [2.24, 2.45) is 0 Å². The van der Waals surface area contributed by atoms with Crippen LogP contribution in [0.2, 0.25) is 0 Å². The summed E-state index contributed by atoms with van der Waals surface area (Å²) in [6.45, 7) is 9.04. The smallest absolute Gasteiger partial charge is 0.0700 e. The maximum atomic E-state index is 5.53. The molecule has 0 aliphatic carbocycles. The molecule has 2 saturated heterocycles. The highest BCUT2D eigenvalue weighted by Crippen LogP contribution is 2.16. The summed E-state index contributed by atoms with van der Waals surface area (Å²) < 4.78 is 5.53. The third-order valence-corrected chi connectivity index (χ3v) is 3.87. The third-order valence-electron chi connectivity index (χ3n) is 3.87. The van der Waals surface area contributed by atoms with E-state index >= 15 is 0 Å². The predicted molar refractivity (Wildman–Crippen MR) is 62.1 cm³/mol. The molecule has 0 aromatic rings. The molecule has 2 aliphatic rings. The Labute approximate surface area is 93.2 Å². The van der Waals surface area contributed by atoms with Gasteiger partial charge in [-0.1, -0.05) is 0 Å². The van der Waals surface area contributed by atoms with Crippen molar-refractivity contribution in [1.29, 1.82) is 0 Å². The first kappa shape index (κ1) is 11.4. The number of rotatable bonds is 4. The number of ether oxygens (including phenoxy) is 1. The lowest BCUT2D eigenvalue weighted by atomic mass is 10.1. The van der Waals surface area contributed by atoms with Crippen molar-refractivity contribution in [3.8, 4) is 0 Å². The van der Waals surface area contributed by atoms with Crippen molar-refractivity contribution < 1.29 is 4.74 Å². The summed E-state index contributed by atoms with van der Waals surface area (Å²) in [5, 5.41) is 3.61. The van der Waals surface area contributed by atoms with Crippen molar-refractivity contribution in [1.82, 2.24) is 10.2 Å². The highest BCUT2D eigenvalue weighted by atomic mass is 16.5. The molecule has 0 bridgehead atoms. The summed E-state index contributed by atoms with van der Waals surface area (Å²) in [7, 11) is 0. The zero-order valence-electron chi connectivity index (χ0n) is 10.0. The van der Waals surface area contributed by atoms with E-state index in [9.17, 15) is 0 Å². The largest absolute Gasteiger partial charge is 0.377 e. The van der Waals surface area contributed by atoms with E-state index in [4.69, 9.17) is 4.74 Å². The van der Waals surface area contributed by atoms with E-state index in [1.807, 2.05) is 0 Å². The van der Waals surface area contributed by atoms with Gasteiger partial charge in [0.25, 0.3) is 0 Å². The molecule has 0 spiro atoms. The average molecular weight is 212 g/mol. The van der Waals surface area contributed by atoms with Gasteiger partial charge < -0.3 is 10.1 Å². The molecule has 2 rings (SSSR count). The van der Waals surface area contributed by atoms with Gasteiger partial charge in [-0.2, -0.15) is 0 Å². The Hall–Kier alpha value is -0.120. The van der Waals surface area contributed by atoms with Crippen molar-refractivity contribution in [3.63, 3.8) is 0 Å². The van der Waals surface area contributed by atoms with Crippen LogP contribution < -0.4 is 5.32 Å². The molecule has 88 valence electrons. The van der Waals surface area contributed by atoms with Crippen LogP contribution >= 0.6 is 0 Å². The molecule has 1 N–H and O–H groups in total. The first-order valence-corrected chi connectivity index (χ1v) is 6.36. The van der Waals surface area contributed by atoms with E-state index in [-0.39, 0.29) is 0 Å². The van der Waals surface area contributed by atoms with Gasteiger partial charge in [-0.05, 0) is 39.7 Å². The molecule has 3 atom stereocenters. The van der Waals surface area contributed by atoms with E-state index in [2.05, 4.69) is 24.1 Å². The van der Waals surface area contributed by atoms with Crippen LogP contribution in [0, 0.1) is 0 Å². The molecule has 2 heterocycles. The zero-order valence-corrected chi connectivity index (χ0v) is 10.0. The lowest BCUT2D eigenvalue weighted by molar-refractivity contribution is 0.112. The Morgan fingerprint density at radius 2 is 2.20 bits per heavy atom. The van der Waals surface area contributed by atoms with Gasteiger partial charge in [-0.15, -0.1) is 0 Å². The fraction of sp³-hybridized carbons (Fsp3) is 1.00. The summed E-state index contributed by atoms with van der Waals surface area (Å²) in [6, 6.07) is 1.38. The topological polar surface area (TPSA) is 24.5 Å². The van der Waals surface area contributed by atoms with Crippen LogP contribution in [0.5, 0.6) is 0 Å². The van der Waals surface area contributed by atoms with E-state index in [0.29, 0.717) is 12.1 Å². The van der Waals surface area contributed by atoms with Crippen molar-refractivity contribution in [2.75, 3.05) is 26.2 Å². The monoisotopic (exact) mass is 212 g/mol. The Morgan fingerprint density at radius 1 is 1.33 bits per heavy atom. The fourth-order valence-corrected chi connectivity index (χ4v) is 2.72. The quantitative estimate of drug-likeness (QED) is 0.759. The average Bonchev–Trinajstić information content (AvgIpc) is 2.78. The maximum absolute atomic E-state index is 5.53. The van der Waals surface area contributed by atoms with E-state index in [0.717, 1.165) is 19.2 Å². The van der Waals surface area contributed by atoms with Gasteiger partial charge in [0.15, 0.2) is 0 Å². The molecule has 15 heavy (non-hydrogen) atoms. The first-order valence-electron chi connectivity index (χ1n) is 6.36. The minimum absolute atomic E-state index is 0.404. The van der Waals surface area contributed by atoms with Gasteiger partial charge in [0.2, 0.25) is 0 Å². The van der Waals surface area contributed by atoms with Crippen LogP contribution in [0.1, 0.15) is 33.1 Å². The van der Waals surface area contributed by atoms with Crippen LogP contribution in [-0.4, -0.2) is 49.3 Å². The maximum Gasteiger partial charge on any atom is 0.0700 e. The van der Waals surface area contributed by atoms with Crippen molar-refractivity contribution >= 4 is 0 Å². The van der Waals surface area contributed by atoms with Gasteiger partial charge >= 0.3 is 0 Å². The molecule has 2 aliphatic heterocycles. The fourth-order valence-electron chi connectivity index (χ4n) is 2.72. The summed E-state index contributed by atoms with van der Waals surface area (Å²) in [4.78, 5) is 2.59.